The zero-order valence-corrected chi connectivity index (χ0v) is 15.7. The average Bonchev–Trinajstić information content (AvgIpc) is 3.16. The van der Waals surface area contributed by atoms with Gasteiger partial charge in [0.05, 0.1) is 13.2 Å². The molecule has 0 atom stereocenters. The average molecular weight is 382 g/mol. The maximum Gasteiger partial charge on any atom is 0.272 e. The molecular formula is C20H22N4O4. The van der Waals surface area contributed by atoms with E-state index in [0.29, 0.717) is 56.4 Å². The van der Waals surface area contributed by atoms with E-state index in [4.69, 9.17) is 9.47 Å². The zero-order chi connectivity index (χ0) is 19.6. The summed E-state index contributed by atoms with van der Waals surface area (Å²) < 4.78 is 11.4. The molecule has 0 radical (unpaired) electrons. The number of likely N-dealkylation sites (tertiary alicyclic amines) is 1. The van der Waals surface area contributed by atoms with E-state index in [0.717, 1.165) is 5.69 Å². The van der Waals surface area contributed by atoms with Crippen LogP contribution < -0.4 is 5.32 Å². The van der Waals surface area contributed by atoms with Crippen molar-refractivity contribution in [1.29, 1.82) is 0 Å². The summed E-state index contributed by atoms with van der Waals surface area (Å²) in [6, 6.07) is 8.63. The molecule has 2 fully saturated rings. The first-order chi connectivity index (χ1) is 13.5. The Balaban J connectivity index is 1.41. The minimum Gasteiger partial charge on any atom is -0.347 e. The molecule has 2 aromatic rings. The Labute approximate surface area is 162 Å². The summed E-state index contributed by atoms with van der Waals surface area (Å²) in [5.74, 6) is -0.309. The molecule has 8 heteroatoms. The van der Waals surface area contributed by atoms with Gasteiger partial charge in [-0.25, -0.2) is 9.97 Å². The second-order valence-corrected chi connectivity index (χ2v) is 6.92. The predicted octanol–water partition coefficient (Wildman–Crippen LogP) is 2.40. The highest BCUT2D eigenvalue weighted by Gasteiger charge is 2.41. The summed E-state index contributed by atoms with van der Waals surface area (Å²) in [5.41, 5.74) is 1.71. The number of piperidine rings is 1. The molecule has 28 heavy (non-hydrogen) atoms. The van der Waals surface area contributed by atoms with Crippen LogP contribution in [0.2, 0.25) is 0 Å². The van der Waals surface area contributed by atoms with Crippen LogP contribution in [0.25, 0.3) is 0 Å². The van der Waals surface area contributed by atoms with Gasteiger partial charge in [0.1, 0.15) is 5.69 Å². The van der Waals surface area contributed by atoms with Crippen molar-refractivity contribution >= 4 is 23.3 Å². The first-order valence-electron chi connectivity index (χ1n) is 9.33. The maximum absolute atomic E-state index is 12.8. The molecule has 0 unspecified atom stereocenters. The van der Waals surface area contributed by atoms with Crippen molar-refractivity contribution in [3.63, 3.8) is 0 Å². The van der Waals surface area contributed by atoms with Gasteiger partial charge in [0.25, 0.3) is 5.91 Å². The highest BCUT2D eigenvalue weighted by molar-refractivity contribution is 5.94. The third kappa shape index (κ3) is 3.88. The lowest BCUT2D eigenvalue weighted by Crippen LogP contribution is -2.47. The lowest BCUT2D eigenvalue weighted by molar-refractivity contribution is -0.181. The first kappa shape index (κ1) is 18.5. The molecule has 1 spiro atoms. The van der Waals surface area contributed by atoms with E-state index in [-0.39, 0.29) is 11.7 Å². The maximum atomic E-state index is 12.8. The third-order valence-electron chi connectivity index (χ3n) is 5.05. The molecule has 4 rings (SSSR count). The van der Waals surface area contributed by atoms with Crippen molar-refractivity contribution in [2.75, 3.05) is 31.6 Å². The number of anilines is 2. The van der Waals surface area contributed by atoms with Crippen LogP contribution in [-0.4, -0.2) is 58.6 Å². The van der Waals surface area contributed by atoms with Gasteiger partial charge in [-0.3, -0.25) is 9.59 Å². The monoisotopic (exact) mass is 382 g/mol. The summed E-state index contributed by atoms with van der Waals surface area (Å²) in [6.45, 7) is 3.88. The van der Waals surface area contributed by atoms with Crippen molar-refractivity contribution in [3.05, 3.63) is 47.8 Å². The smallest absolute Gasteiger partial charge is 0.272 e. The zero-order valence-electron chi connectivity index (χ0n) is 15.7. The van der Waals surface area contributed by atoms with E-state index in [1.807, 2.05) is 0 Å². The lowest BCUT2D eigenvalue weighted by Gasteiger charge is -2.37. The van der Waals surface area contributed by atoms with Crippen LogP contribution in [0.5, 0.6) is 0 Å². The number of hydrogen-bond acceptors (Lipinski definition) is 7. The van der Waals surface area contributed by atoms with E-state index >= 15 is 0 Å². The number of hydrogen-bond donors (Lipinski definition) is 1. The summed E-state index contributed by atoms with van der Waals surface area (Å²) in [7, 11) is 0. The van der Waals surface area contributed by atoms with Crippen molar-refractivity contribution in [3.8, 4) is 0 Å². The molecule has 2 saturated heterocycles. The molecule has 3 heterocycles. The van der Waals surface area contributed by atoms with E-state index in [9.17, 15) is 9.59 Å². The van der Waals surface area contributed by atoms with Crippen molar-refractivity contribution < 1.29 is 19.1 Å². The minimum atomic E-state index is -0.513. The van der Waals surface area contributed by atoms with Gasteiger partial charge in [0.15, 0.2) is 11.6 Å². The number of nitrogens with zero attached hydrogens (tertiary/aromatic N) is 3. The number of Topliss-reactive ketones (excluding diaryl/α,β-unsaturated/α-hetero) is 1. The number of rotatable bonds is 4. The summed E-state index contributed by atoms with van der Waals surface area (Å²) >= 11 is 0. The van der Waals surface area contributed by atoms with E-state index < -0.39 is 5.79 Å². The molecule has 8 nitrogen and oxygen atoms in total. The number of carbonyl (C=O) groups is 2. The number of amides is 1. The van der Waals surface area contributed by atoms with Crippen molar-refractivity contribution in [2.45, 2.75) is 25.6 Å². The van der Waals surface area contributed by atoms with Gasteiger partial charge < -0.3 is 19.7 Å². The number of ketones is 1. The molecule has 0 aliphatic carbocycles. The molecule has 1 N–H and O–H groups in total. The minimum absolute atomic E-state index is 0.00658. The van der Waals surface area contributed by atoms with Crippen LogP contribution >= 0.6 is 0 Å². The van der Waals surface area contributed by atoms with Gasteiger partial charge in [0.2, 0.25) is 5.95 Å². The molecule has 2 aliphatic rings. The Kier molecular flexibility index (Phi) is 5.06. The fourth-order valence-corrected chi connectivity index (χ4v) is 3.45. The standard InChI is InChI=1S/C20H22N4O4/c1-14(25)15-2-4-16(5-3-15)22-19-21-9-6-17(23-19)18(26)24-10-7-20(8-11-24)27-12-13-28-20/h2-6,9H,7-8,10-13H2,1H3,(H,21,22,23). The van der Waals surface area contributed by atoms with E-state index in [2.05, 4.69) is 15.3 Å². The third-order valence-corrected chi connectivity index (χ3v) is 5.05. The van der Waals surface area contributed by atoms with Gasteiger partial charge in [0, 0.05) is 43.4 Å². The highest BCUT2D eigenvalue weighted by atomic mass is 16.7. The van der Waals surface area contributed by atoms with Gasteiger partial charge >= 0.3 is 0 Å². The first-order valence-corrected chi connectivity index (χ1v) is 9.33. The van der Waals surface area contributed by atoms with Gasteiger partial charge in [-0.05, 0) is 37.3 Å². The number of benzene rings is 1. The lowest BCUT2D eigenvalue weighted by atomic mass is 10.0. The molecule has 1 amide bonds. The van der Waals surface area contributed by atoms with Crippen LogP contribution in [0, 0.1) is 0 Å². The Hall–Kier alpha value is -2.84. The number of ether oxygens (including phenoxy) is 2. The van der Waals surface area contributed by atoms with Gasteiger partial charge in [-0.2, -0.15) is 0 Å². The van der Waals surface area contributed by atoms with Gasteiger partial charge in [-0.15, -0.1) is 0 Å². The normalized spacial score (nSPS) is 18.2. The molecule has 0 bridgehead atoms. The van der Waals surface area contributed by atoms with Gasteiger partial charge in [-0.1, -0.05) is 0 Å². The fraction of sp³-hybridized carbons (Fsp3) is 0.400. The molecular weight excluding hydrogens is 360 g/mol. The largest absolute Gasteiger partial charge is 0.347 e. The summed E-state index contributed by atoms with van der Waals surface area (Å²) in [4.78, 5) is 34.5. The van der Waals surface area contributed by atoms with Crippen LogP contribution in [-0.2, 0) is 9.47 Å². The van der Waals surface area contributed by atoms with Crippen LogP contribution in [0.15, 0.2) is 36.5 Å². The van der Waals surface area contributed by atoms with Crippen molar-refractivity contribution in [1.82, 2.24) is 14.9 Å². The Morgan fingerprint density at radius 1 is 1.07 bits per heavy atom. The molecule has 1 aromatic heterocycles. The highest BCUT2D eigenvalue weighted by Crippen LogP contribution is 2.31. The second kappa shape index (κ2) is 7.65. The molecule has 146 valence electrons. The molecule has 0 saturated carbocycles. The molecule has 1 aromatic carbocycles. The van der Waals surface area contributed by atoms with Crippen LogP contribution in [0.4, 0.5) is 11.6 Å². The quantitative estimate of drug-likeness (QED) is 0.812. The number of nitrogens with one attached hydrogen (secondary N) is 1. The van der Waals surface area contributed by atoms with E-state index in [1.54, 1.807) is 41.4 Å². The number of carbonyl (C=O) groups excluding carboxylic acids is 2. The Morgan fingerprint density at radius 3 is 2.39 bits per heavy atom. The Bertz CT molecular complexity index is 868. The second-order valence-electron chi connectivity index (χ2n) is 6.92. The summed E-state index contributed by atoms with van der Waals surface area (Å²) in [5, 5.41) is 3.06. The van der Waals surface area contributed by atoms with E-state index in [1.165, 1.54) is 6.92 Å². The number of aromatic nitrogens is 2. The molecule has 2 aliphatic heterocycles. The summed E-state index contributed by atoms with van der Waals surface area (Å²) in [6.07, 6.45) is 2.88. The fourth-order valence-electron chi connectivity index (χ4n) is 3.45. The van der Waals surface area contributed by atoms with Crippen molar-refractivity contribution in [2.24, 2.45) is 0 Å². The Morgan fingerprint density at radius 2 is 1.75 bits per heavy atom. The predicted molar refractivity (Wildman–Crippen MR) is 102 cm³/mol. The van der Waals surface area contributed by atoms with Crippen LogP contribution in [0.3, 0.4) is 0 Å². The van der Waals surface area contributed by atoms with Crippen LogP contribution in [0.1, 0.15) is 40.6 Å². The SMILES string of the molecule is CC(=O)c1ccc(Nc2nccc(C(=O)N3CCC4(CC3)OCCO4)n2)cc1. The topological polar surface area (TPSA) is 93.7 Å².